The van der Waals surface area contributed by atoms with E-state index in [2.05, 4.69) is 29.5 Å². The molecule has 3 rings (SSSR count). The zero-order valence-electron chi connectivity index (χ0n) is 11.5. The zero-order chi connectivity index (χ0) is 13.4. The van der Waals surface area contributed by atoms with Crippen LogP contribution in [0.5, 0.6) is 0 Å². The van der Waals surface area contributed by atoms with Crippen molar-refractivity contribution in [3.63, 3.8) is 0 Å². The molecule has 0 radical (unpaired) electrons. The molecule has 0 aliphatic carbocycles. The van der Waals surface area contributed by atoms with E-state index in [0.29, 0.717) is 23.7 Å². The maximum absolute atomic E-state index is 12.5. The number of carbonyl (C=O) groups is 1. The van der Waals surface area contributed by atoms with Gasteiger partial charge < -0.3 is 10.2 Å². The normalized spacial score (nSPS) is 28.2. The summed E-state index contributed by atoms with van der Waals surface area (Å²) in [5.74, 6) is 0.601. The summed E-state index contributed by atoms with van der Waals surface area (Å²) < 4.78 is 1.81. The van der Waals surface area contributed by atoms with Crippen LogP contribution in [0.25, 0.3) is 0 Å². The minimum atomic E-state index is 0.0255. The molecule has 1 aromatic rings. The van der Waals surface area contributed by atoms with Crippen LogP contribution in [0.2, 0.25) is 0 Å². The van der Waals surface area contributed by atoms with Crippen molar-refractivity contribution in [3.05, 3.63) is 11.9 Å². The number of amides is 1. The average molecular weight is 263 g/mol. The van der Waals surface area contributed by atoms with Crippen molar-refractivity contribution in [2.75, 3.05) is 19.6 Å². The molecule has 104 valence electrons. The molecule has 2 aliphatic heterocycles. The Kier molecular flexibility index (Phi) is 3.26. The van der Waals surface area contributed by atoms with E-state index in [0.717, 1.165) is 26.1 Å². The van der Waals surface area contributed by atoms with Gasteiger partial charge >= 0.3 is 0 Å². The third kappa shape index (κ3) is 2.36. The lowest BCUT2D eigenvalue weighted by molar-refractivity contribution is 0.0568. The van der Waals surface area contributed by atoms with Crippen molar-refractivity contribution < 1.29 is 4.79 Å². The third-order valence-corrected chi connectivity index (χ3v) is 4.24. The largest absolute Gasteiger partial charge is 0.334 e. The van der Waals surface area contributed by atoms with Crippen LogP contribution in [0.3, 0.4) is 0 Å². The molecule has 6 heteroatoms. The summed E-state index contributed by atoms with van der Waals surface area (Å²) in [7, 11) is 0. The molecule has 2 fully saturated rings. The fraction of sp³-hybridized carbons (Fsp3) is 0.769. The number of aromatic nitrogens is 3. The molecule has 2 unspecified atom stereocenters. The van der Waals surface area contributed by atoms with Gasteiger partial charge in [0, 0.05) is 25.7 Å². The van der Waals surface area contributed by atoms with E-state index in [4.69, 9.17) is 0 Å². The van der Waals surface area contributed by atoms with Crippen molar-refractivity contribution in [2.24, 2.45) is 5.92 Å². The lowest BCUT2D eigenvalue weighted by Gasteiger charge is -2.36. The van der Waals surface area contributed by atoms with Gasteiger partial charge in [0.1, 0.15) is 0 Å². The van der Waals surface area contributed by atoms with Crippen molar-refractivity contribution in [1.29, 1.82) is 0 Å². The Labute approximate surface area is 113 Å². The summed E-state index contributed by atoms with van der Waals surface area (Å²) in [6, 6.07) is 0.658. The monoisotopic (exact) mass is 263 g/mol. The molecule has 3 heterocycles. The number of nitrogens with one attached hydrogen (secondary N) is 1. The second-order valence-corrected chi connectivity index (χ2v) is 5.88. The number of nitrogens with zero attached hydrogens (tertiary/aromatic N) is 4. The highest BCUT2D eigenvalue weighted by Crippen LogP contribution is 2.23. The fourth-order valence-electron chi connectivity index (χ4n) is 2.73. The first-order valence-electron chi connectivity index (χ1n) is 7.08. The summed E-state index contributed by atoms with van der Waals surface area (Å²) in [6.07, 6.45) is 4.07. The van der Waals surface area contributed by atoms with Crippen molar-refractivity contribution >= 4 is 5.91 Å². The van der Waals surface area contributed by atoms with Crippen LogP contribution in [0, 0.1) is 5.92 Å². The first-order chi connectivity index (χ1) is 9.15. The molecule has 1 aromatic heterocycles. The van der Waals surface area contributed by atoms with Gasteiger partial charge in [-0.15, -0.1) is 5.10 Å². The molecule has 0 aromatic carbocycles. The molecular weight excluding hydrogens is 242 g/mol. The van der Waals surface area contributed by atoms with Crippen molar-refractivity contribution in [2.45, 2.75) is 38.8 Å². The molecule has 6 nitrogen and oxygen atoms in total. The number of rotatable bonds is 2. The Balaban J connectivity index is 1.73. The number of likely N-dealkylation sites (tertiary alicyclic amines) is 1. The fourth-order valence-corrected chi connectivity index (χ4v) is 2.73. The topological polar surface area (TPSA) is 63.1 Å². The Morgan fingerprint density at radius 3 is 2.84 bits per heavy atom. The van der Waals surface area contributed by atoms with Crippen LogP contribution in [0.4, 0.5) is 0 Å². The quantitative estimate of drug-likeness (QED) is 0.852. The Hall–Kier alpha value is -1.43. The molecule has 1 amide bonds. The summed E-state index contributed by atoms with van der Waals surface area (Å²) in [5, 5.41) is 11.3. The Morgan fingerprint density at radius 2 is 2.16 bits per heavy atom. The van der Waals surface area contributed by atoms with Gasteiger partial charge in [-0.25, -0.2) is 4.68 Å². The molecule has 0 spiro atoms. The Morgan fingerprint density at radius 1 is 1.37 bits per heavy atom. The first kappa shape index (κ1) is 12.6. The third-order valence-electron chi connectivity index (χ3n) is 4.24. The molecule has 19 heavy (non-hydrogen) atoms. The SMILES string of the molecule is CC1CCC(C)N(C(=O)c2cn(C3CNC3)nn2)C1. The van der Waals surface area contributed by atoms with Crippen molar-refractivity contribution in [1.82, 2.24) is 25.2 Å². The van der Waals surface area contributed by atoms with Gasteiger partial charge in [-0.2, -0.15) is 0 Å². The molecule has 2 aliphatic rings. The van der Waals surface area contributed by atoms with Crippen LogP contribution in [-0.4, -0.2) is 51.5 Å². The second kappa shape index (κ2) is 4.92. The molecule has 0 bridgehead atoms. The minimum Gasteiger partial charge on any atom is -0.334 e. The van der Waals surface area contributed by atoms with Crippen LogP contribution >= 0.6 is 0 Å². The number of hydrogen-bond donors (Lipinski definition) is 1. The molecular formula is C13H21N5O. The first-order valence-corrected chi connectivity index (χ1v) is 7.08. The van der Waals surface area contributed by atoms with Gasteiger partial charge in [-0.3, -0.25) is 4.79 Å². The van der Waals surface area contributed by atoms with E-state index in [9.17, 15) is 4.79 Å². The summed E-state index contributed by atoms with van der Waals surface area (Å²) >= 11 is 0. The number of piperidine rings is 1. The number of carbonyl (C=O) groups excluding carboxylic acids is 1. The smallest absolute Gasteiger partial charge is 0.276 e. The van der Waals surface area contributed by atoms with E-state index in [-0.39, 0.29) is 5.91 Å². The van der Waals surface area contributed by atoms with E-state index < -0.39 is 0 Å². The summed E-state index contributed by atoms with van der Waals surface area (Å²) in [6.45, 7) is 6.97. The van der Waals surface area contributed by atoms with Gasteiger partial charge in [-0.1, -0.05) is 12.1 Å². The van der Waals surface area contributed by atoms with Gasteiger partial charge in [0.2, 0.25) is 0 Å². The zero-order valence-corrected chi connectivity index (χ0v) is 11.5. The standard InChI is InChI=1S/C13H21N5O/c1-9-3-4-10(2)17(7-9)13(19)12-8-18(16-15-12)11-5-14-6-11/h8-11,14H,3-7H2,1-2H3. The maximum Gasteiger partial charge on any atom is 0.276 e. The van der Waals surface area contributed by atoms with Gasteiger partial charge in [0.15, 0.2) is 5.69 Å². The summed E-state index contributed by atoms with van der Waals surface area (Å²) in [5.41, 5.74) is 0.479. The second-order valence-electron chi connectivity index (χ2n) is 5.88. The van der Waals surface area contributed by atoms with Crippen LogP contribution in [-0.2, 0) is 0 Å². The van der Waals surface area contributed by atoms with E-state index in [1.165, 1.54) is 6.42 Å². The molecule has 0 saturated carbocycles. The highest BCUT2D eigenvalue weighted by molar-refractivity contribution is 5.92. The lowest BCUT2D eigenvalue weighted by Crippen LogP contribution is -2.45. The van der Waals surface area contributed by atoms with E-state index in [1.807, 2.05) is 9.58 Å². The van der Waals surface area contributed by atoms with E-state index >= 15 is 0 Å². The predicted octanol–water partition coefficient (Wildman–Crippen LogP) is 0.683. The van der Waals surface area contributed by atoms with Crippen molar-refractivity contribution in [3.8, 4) is 0 Å². The highest BCUT2D eigenvalue weighted by Gasteiger charge is 2.30. The number of hydrogen-bond acceptors (Lipinski definition) is 4. The molecule has 1 N–H and O–H groups in total. The highest BCUT2D eigenvalue weighted by atomic mass is 16.2. The van der Waals surface area contributed by atoms with Gasteiger partial charge in [0.05, 0.1) is 12.2 Å². The maximum atomic E-state index is 12.5. The van der Waals surface area contributed by atoms with Crippen LogP contribution in [0.1, 0.15) is 43.2 Å². The predicted molar refractivity (Wildman–Crippen MR) is 70.8 cm³/mol. The average Bonchev–Trinajstić information content (AvgIpc) is 2.78. The van der Waals surface area contributed by atoms with Crippen LogP contribution in [0.15, 0.2) is 6.20 Å². The van der Waals surface area contributed by atoms with Gasteiger partial charge in [0.25, 0.3) is 5.91 Å². The van der Waals surface area contributed by atoms with Gasteiger partial charge in [-0.05, 0) is 25.7 Å². The Bertz CT molecular complexity index is 467. The lowest BCUT2D eigenvalue weighted by atomic mass is 9.95. The van der Waals surface area contributed by atoms with Crippen LogP contribution < -0.4 is 5.32 Å². The minimum absolute atomic E-state index is 0.0255. The molecule has 2 atom stereocenters. The van der Waals surface area contributed by atoms with E-state index in [1.54, 1.807) is 6.20 Å². The summed E-state index contributed by atoms with van der Waals surface area (Å²) in [4.78, 5) is 14.4. The molecule has 2 saturated heterocycles.